The molecule has 1 aromatic rings. The summed E-state index contributed by atoms with van der Waals surface area (Å²) >= 11 is 0. The SMILES string of the molecule is CCCC(NCC)c1ccc(F)c(F)c1F. The predicted molar refractivity (Wildman–Crippen MR) is 57.6 cm³/mol. The van der Waals surface area contributed by atoms with Crippen LogP contribution in [0.4, 0.5) is 13.2 Å². The predicted octanol–water partition coefficient (Wildman–Crippen LogP) is 3.55. The van der Waals surface area contributed by atoms with Crippen LogP contribution in [0.5, 0.6) is 0 Å². The highest BCUT2D eigenvalue weighted by atomic mass is 19.2. The van der Waals surface area contributed by atoms with Gasteiger partial charge in [-0.05, 0) is 19.0 Å². The van der Waals surface area contributed by atoms with Gasteiger partial charge < -0.3 is 5.32 Å². The topological polar surface area (TPSA) is 12.0 Å². The van der Waals surface area contributed by atoms with Crippen molar-refractivity contribution in [3.63, 3.8) is 0 Å². The van der Waals surface area contributed by atoms with Crippen molar-refractivity contribution in [2.75, 3.05) is 6.54 Å². The van der Waals surface area contributed by atoms with Gasteiger partial charge in [0, 0.05) is 11.6 Å². The molecular formula is C12H16F3N. The highest BCUT2D eigenvalue weighted by molar-refractivity contribution is 5.23. The van der Waals surface area contributed by atoms with E-state index >= 15 is 0 Å². The van der Waals surface area contributed by atoms with Gasteiger partial charge in [-0.15, -0.1) is 0 Å². The van der Waals surface area contributed by atoms with Gasteiger partial charge in [-0.25, -0.2) is 13.2 Å². The molecule has 0 bridgehead atoms. The third kappa shape index (κ3) is 2.76. The highest BCUT2D eigenvalue weighted by Gasteiger charge is 2.19. The zero-order valence-corrected chi connectivity index (χ0v) is 9.49. The molecule has 16 heavy (non-hydrogen) atoms. The molecule has 1 nitrogen and oxygen atoms in total. The first kappa shape index (κ1) is 13.0. The second-order valence-electron chi connectivity index (χ2n) is 3.66. The van der Waals surface area contributed by atoms with Crippen molar-refractivity contribution in [3.8, 4) is 0 Å². The minimum atomic E-state index is -1.39. The molecule has 4 heteroatoms. The molecule has 0 heterocycles. The maximum Gasteiger partial charge on any atom is 0.194 e. The van der Waals surface area contributed by atoms with E-state index in [2.05, 4.69) is 5.32 Å². The van der Waals surface area contributed by atoms with Crippen molar-refractivity contribution in [1.82, 2.24) is 5.32 Å². The van der Waals surface area contributed by atoms with Crippen LogP contribution in [0, 0.1) is 17.5 Å². The summed E-state index contributed by atoms with van der Waals surface area (Å²) in [5, 5.41) is 3.06. The monoisotopic (exact) mass is 231 g/mol. The fourth-order valence-corrected chi connectivity index (χ4v) is 1.71. The number of rotatable bonds is 5. The molecular weight excluding hydrogens is 215 g/mol. The van der Waals surface area contributed by atoms with E-state index < -0.39 is 17.5 Å². The second kappa shape index (κ2) is 5.89. The summed E-state index contributed by atoms with van der Waals surface area (Å²) in [5.74, 6) is -3.62. The average molecular weight is 231 g/mol. The van der Waals surface area contributed by atoms with E-state index in [1.807, 2.05) is 13.8 Å². The highest BCUT2D eigenvalue weighted by Crippen LogP contribution is 2.24. The average Bonchev–Trinajstić information content (AvgIpc) is 2.26. The Labute approximate surface area is 93.7 Å². The molecule has 0 aromatic heterocycles. The van der Waals surface area contributed by atoms with Gasteiger partial charge in [0.2, 0.25) is 0 Å². The molecule has 0 aliphatic rings. The Morgan fingerprint density at radius 3 is 2.38 bits per heavy atom. The fraction of sp³-hybridized carbons (Fsp3) is 0.500. The van der Waals surface area contributed by atoms with Gasteiger partial charge in [0.1, 0.15) is 0 Å². The van der Waals surface area contributed by atoms with Gasteiger partial charge in [-0.1, -0.05) is 26.3 Å². The first-order valence-electron chi connectivity index (χ1n) is 5.48. The molecule has 0 fully saturated rings. The molecule has 0 amide bonds. The van der Waals surface area contributed by atoms with Crippen molar-refractivity contribution >= 4 is 0 Å². The van der Waals surface area contributed by atoms with Crippen molar-refractivity contribution < 1.29 is 13.2 Å². The summed E-state index contributed by atoms with van der Waals surface area (Å²) in [4.78, 5) is 0. The molecule has 1 N–H and O–H groups in total. The molecule has 1 atom stereocenters. The smallest absolute Gasteiger partial charge is 0.194 e. The van der Waals surface area contributed by atoms with Crippen LogP contribution in [0.15, 0.2) is 12.1 Å². The number of halogens is 3. The maximum absolute atomic E-state index is 13.5. The molecule has 0 spiro atoms. The van der Waals surface area contributed by atoms with E-state index in [0.29, 0.717) is 13.0 Å². The number of hydrogen-bond acceptors (Lipinski definition) is 1. The van der Waals surface area contributed by atoms with Crippen LogP contribution >= 0.6 is 0 Å². The zero-order valence-electron chi connectivity index (χ0n) is 9.49. The summed E-state index contributed by atoms with van der Waals surface area (Å²) < 4.78 is 39.3. The van der Waals surface area contributed by atoms with E-state index in [4.69, 9.17) is 0 Å². The molecule has 0 radical (unpaired) electrons. The molecule has 90 valence electrons. The van der Waals surface area contributed by atoms with Crippen LogP contribution in [-0.4, -0.2) is 6.54 Å². The van der Waals surface area contributed by atoms with Gasteiger partial charge in [0.25, 0.3) is 0 Å². The molecule has 1 aromatic carbocycles. The van der Waals surface area contributed by atoms with Crippen LogP contribution in [0.2, 0.25) is 0 Å². The quantitative estimate of drug-likeness (QED) is 0.764. The van der Waals surface area contributed by atoms with Gasteiger partial charge in [-0.2, -0.15) is 0 Å². The Morgan fingerprint density at radius 1 is 1.12 bits per heavy atom. The maximum atomic E-state index is 13.5. The second-order valence-corrected chi connectivity index (χ2v) is 3.66. The standard InChI is InChI=1S/C12H16F3N/c1-3-5-10(16-4-2)8-6-7-9(13)12(15)11(8)14/h6-7,10,16H,3-5H2,1-2H3. The van der Waals surface area contributed by atoms with Crippen molar-refractivity contribution in [1.29, 1.82) is 0 Å². The van der Waals surface area contributed by atoms with Crippen molar-refractivity contribution in [2.24, 2.45) is 0 Å². The summed E-state index contributed by atoms with van der Waals surface area (Å²) in [5.41, 5.74) is 0.197. The van der Waals surface area contributed by atoms with Crippen LogP contribution in [0.25, 0.3) is 0 Å². The first-order valence-corrected chi connectivity index (χ1v) is 5.48. The van der Waals surface area contributed by atoms with Gasteiger partial charge >= 0.3 is 0 Å². The third-order valence-electron chi connectivity index (χ3n) is 2.47. The van der Waals surface area contributed by atoms with Gasteiger partial charge in [0.15, 0.2) is 17.5 Å². The lowest BCUT2D eigenvalue weighted by molar-refractivity contribution is 0.418. The normalized spacial score (nSPS) is 12.8. The Morgan fingerprint density at radius 2 is 1.81 bits per heavy atom. The third-order valence-corrected chi connectivity index (χ3v) is 2.47. The summed E-state index contributed by atoms with van der Waals surface area (Å²) in [7, 11) is 0. The van der Waals surface area contributed by atoms with Crippen LogP contribution in [-0.2, 0) is 0 Å². The lowest BCUT2D eigenvalue weighted by Crippen LogP contribution is -2.22. The Bertz CT molecular complexity index is 346. The number of nitrogens with one attached hydrogen (secondary N) is 1. The summed E-state index contributed by atoms with van der Waals surface area (Å²) in [6, 6.07) is 2.01. The molecule has 0 aliphatic carbocycles. The fourth-order valence-electron chi connectivity index (χ4n) is 1.71. The summed E-state index contributed by atoms with van der Waals surface area (Å²) in [6.45, 7) is 4.51. The van der Waals surface area contributed by atoms with Crippen LogP contribution < -0.4 is 5.32 Å². The minimum absolute atomic E-state index is 0.197. The first-order chi connectivity index (χ1) is 7.61. The van der Waals surface area contributed by atoms with E-state index in [1.165, 1.54) is 6.07 Å². The van der Waals surface area contributed by atoms with Crippen molar-refractivity contribution in [3.05, 3.63) is 35.1 Å². The Kier molecular flexibility index (Phi) is 4.80. The molecule has 0 saturated heterocycles. The summed E-state index contributed by atoms with van der Waals surface area (Å²) in [6.07, 6.45) is 1.53. The van der Waals surface area contributed by atoms with E-state index in [-0.39, 0.29) is 11.6 Å². The van der Waals surface area contributed by atoms with E-state index in [0.717, 1.165) is 12.5 Å². The Hall–Kier alpha value is -1.03. The zero-order chi connectivity index (χ0) is 12.1. The van der Waals surface area contributed by atoms with Gasteiger partial charge in [0.05, 0.1) is 0 Å². The minimum Gasteiger partial charge on any atom is -0.310 e. The van der Waals surface area contributed by atoms with Crippen molar-refractivity contribution in [2.45, 2.75) is 32.7 Å². The van der Waals surface area contributed by atoms with Gasteiger partial charge in [-0.3, -0.25) is 0 Å². The lowest BCUT2D eigenvalue weighted by Gasteiger charge is -2.18. The van der Waals surface area contributed by atoms with E-state index in [1.54, 1.807) is 0 Å². The molecule has 0 aliphatic heterocycles. The van der Waals surface area contributed by atoms with Crippen LogP contribution in [0.1, 0.15) is 38.3 Å². The Balaban J connectivity index is 3.04. The van der Waals surface area contributed by atoms with E-state index in [9.17, 15) is 13.2 Å². The number of benzene rings is 1. The molecule has 1 unspecified atom stereocenters. The largest absolute Gasteiger partial charge is 0.310 e. The van der Waals surface area contributed by atoms with Crippen LogP contribution in [0.3, 0.4) is 0 Å². The number of hydrogen-bond donors (Lipinski definition) is 1. The lowest BCUT2D eigenvalue weighted by atomic mass is 10.0. The molecule has 1 rings (SSSR count). The molecule has 0 saturated carbocycles.